The van der Waals surface area contributed by atoms with Gasteiger partial charge in [-0.05, 0) is 55.8 Å². The fourth-order valence-electron chi connectivity index (χ4n) is 3.09. The van der Waals surface area contributed by atoms with Gasteiger partial charge in [-0.1, -0.05) is 42.0 Å². The third-order valence-corrected chi connectivity index (χ3v) is 6.26. The molecule has 0 saturated heterocycles. The molecular weight excluding hydrogens is 410 g/mol. The topological polar surface area (TPSA) is 78.5 Å². The summed E-state index contributed by atoms with van der Waals surface area (Å²) >= 11 is 0. The molecule has 7 heteroatoms. The third kappa shape index (κ3) is 6.33. The zero-order valence-corrected chi connectivity index (χ0v) is 18.5. The van der Waals surface area contributed by atoms with Crippen molar-refractivity contribution in [3.8, 4) is 0 Å². The average molecular weight is 438 g/mol. The maximum atomic E-state index is 12.6. The summed E-state index contributed by atoms with van der Waals surface area (Å²) in [5.74, 6) is -0.237. The van der Waals surface area contributed by atoms with Gasteiger partial charge in [-0.2, -0.15) is 0 Å². The minimum absolute atomic E-state index is 0.176. The minimum atomic E-state index is -3.72. The molecule has 0 unspecified atom stereocenters. The molecule has 0 atom stereocenters. The predicted octanol–water partition coefficient (Wildman–Crippen LogP) is 4.05. The Labute approximate surface area is 184 Å². The first-order valence-corrected chi connectivity index (χ1v) is 11.6. The summed E-state index contributed by atoms with van der Waals surface area (Å²) in [5.41, 5.74) is 2.85. The van der Waals surface area contributed by atoms with E-state index in [0.717, 1.165) is 24.2 Å². The molecule has 0 saturated carbocycles. The Morgan fingerprint density at radius 2 is 1.65 bits per heavy atom. The van der Waals surface area contributed by atoms with Crippen LogP contribution in [0.15, 0.2) is 83.8 Å². The Hall–Kier alpha value is -3.32. The normalized spacial score (nSPS) is 11.0. The lowest BCUT2D eigenvalue weighted by Crippen LogP contribution is -2.28. The van der Waals surface area contributed by atoms with Crippen LogP contribution in [-0.2, 0) is 10.0 Å². The van der Waals surface area contributed by atoms with E-state index in [0.29, 0.717) is 17.8 Å². The lowest BCUT2D eigenvalue weighted by Gasteiger charge is -2.19. The number of benzene rings is 3. The number of anilines is 2. The summed E-state index contributed by atoms with van der Waals surface area (Å²) in [6.07, 6.45) is 0.789. The monoisotopic (exact) mass is 437 g/mol. The summed E-state index contributed by atoms with van der Waals surface area (Å²) in [4.78, 5) is 14.8. The smallest absolute Gasteiger partial charge is 0.261 e. The van der Waals surface area contributed by atoms with Crippen LogP contribution in [0.4, 0.5) is 11.4 Å². The molecule has 2 N–H and O–H groups in total. The number of nitrogens with one attached hydrogen (secondary N) is 2. The molecule has 3 aromatic carbocycles. The molecule has 1 amide bonds. The van der Waals surface area contributed by atoms with E-state index >= 15 is 0 Å². The van der Waals surface area contributed by atoms with Gasteiger partial charge in [0.1, 0.15) is 0 Å². The molecule has 6 nitrogen and oxygen atoms in total. The molecule has 162 valence electrons. The highest BCUT2D eigenvalue weighted by atomic mass is 32.2. The van der Waals surface area contributed by atoms with Gasteiger partial charge in [0.25, 0.3) is 15.9 Å². The van der Waals surface area contributed by atoms with E-state index in [1.807, 2.05) is 44.3 Å². The van der Waals surface area contributed by atoms with Crippen LogP contribution >= 0.6 is 0 Å². The van der Waals surface area contributed by atoms with E-state index in [1.54, 1.807) is 42.5 Å². The Bertz CT molecular complexity index is 1110. The van der Waals surface area contributed by atoms with E-state index in [1.165, 1.54) is 6.07 Å². The number of hydrogen-bond donors (Lipinski definition) is 2. The number of para-hydroxylation sites is 1. The van der Waals surface area contributed by atoms with Gasteiger partial charge < -0.3 is 10.2 Å². The fourth-order valence-corrected chi connectivity index (χ4v) is 4.14. The molecule has 0 bridgehead atoms. The summed E-state index contributed by atoms with van der Waals surface area (Å²) in [5, 5.41) is 2.89. The van der Waals surface area contributed by atoms with Crippen LogP contribution in [0.25, 0.3) is 0 Å². The average Bonchev–Trinajstić information content (AvgIpc) is 2.77. The number of rotatable bonds is 9. The third-order valence-electron chi connectivity index (χ3n) is 4.86. The second-order valence-corrected chi connectivity index (χ2v) is 9.05. The van der Waals surface area contributed by atoms with E-state index < -0.39 is 10.0 Å². The Kier molecular flexibility index (Phi) is 7.31. The maximum Gasteiger partial charge on any atom is 0.261 e. The zero-order valence-electron chi connectivity index (χ0n) is 17.7. The maximum absolute atomic E-state index is 12.6. The van der Waals surface area contributed by atoms with Crippen LogP contribution in [0.5, 0.6) is 0 Å². The number of sulfonamides is 1. The molecule has 3 aromatic rings. The van der Waals surface area contributed by atoms with Gasteiger partial charge in [-0.15, -0.1) is 0 Å². The van der Waals surface area contributed by atoms with Crippen LogP contribution in [0.3, 0.4) is 0 Å². The number of amides is 1. The van der Waals surface area contributed by atoms with Crippen LogP contribution in [0.2, 0.25) is 0 Å². The van der Waals surface area contributed by atoms with Crippen molar-refractivity contribution >= 4 is 27.3 Å². The number of nitrogens with zero attached hydrogens (tertiary/aromatic N) is 1. The molecule has 3 rings (SSSR count). The Balaban J connectivity index is 1.54. The van der Waals surface area contributed by atoms with Crippen molar-refractivity contribution in [2.75, 3.05) is 29.8 Å². The van der Waals surface area contributed by atoms with E-state index in [9.17, 15) is 13.2 Å². The van der Waals surface area contributed by atoms with Gasteiger partial charge in [-0.25, -0.2) is 8.42 Å². The van der Waals surface area contributed by atoms with Crippen molar-refractivity contribution < 1.29 is 13.2 Å². The van der Waals surface area contributed by atoms with Gasteiger partial charge in [0.2, 0.25) is 0 Å². The SMILES string of the molecule is Cc1ccc(S(=O)(=O)Nc2cccc(C(=O)NCCCN(C)c3ccccc3)c2)cc1. The van der Waals surface area contributed by atoms with Crippen molar-refractivity contribution in [1.29, 1.82) is 0 Å². The van der Waals surface area contributed by atoms with Gasteiger partial charge >= 0.3 is 0 Å². The summed E-state index contributed by atoms with van der Waals surface area (Å²) < 4.78 is 27.7. The lowest BCUT2D eigenvalue weighted by molar-refractivity contribution is 0.0953. The molecule has 0 aliphatic rings. The highest BCUT2D eigenvalue weighted by molar-refractivity contribution is 7.92. The molecular formula is C24H27N3O3S. The minimum Gasteiger partial charge on any atom is -0.375 e. The molecule has 0 heterocycles. The van der Waals surface area contributed by atoms with E-state index in [4.69, 9.17) is 0 Å². The van der Waals surface area contributed by atoms with Gasteiger partial charge in [0.15, 0.2) is 0 Å². The van der Waals surface area contributed by atoms with Crippen LogP contribution in [0.1, 0.15) is 22.3 Å². The number of carbonyl (C=O) groups is 1. The standard InChI is InChI=1S/C24H27N3O3S/c1-19-12-14-23(15-13-19)31(29,30)26-21-9-6-8-20(18-21)24(28)25-16-7-17-27(2)22-10-4-3-5-11-22/h3-6,8-15,18,26H,7,16-17H2,1-2H3,(H,25,28). The molecule has 31 heavy (non-hydrogen) atoms. The second-order valence-electron chi connectivity index (χ2n) is 7.37. The van der Waals surface area contributed by atoms with Crippen LogP contribution in [0, 0.1) is 6.92 Å². The van der Waals surface area contributed by atoms with Crippen molar-refractivity contribution in [1.82, 2.24) is 5.32 Å². The van der Waals surface area contributed by atoms with Crippen molar-refractivity contribution in [3.63, 3.8) is 0 Å². The first-order chi connectivity index (χ1) is 14.8. The molecule has 0 aromatic heterocycles. The van der Waals surface area contributed by atoms with Crippen molar-refractivity contribution in [2.45, 2.75) is 18.2 Å². The summed E-state index contributed by atoms with van der Waals surface area (Å²) in [6.45, 7) is 3.22. The highest BCUT2D eigenvalue weighted by Gasteiger charge is 2.15. The Morgan fingerprint density at radius 1 is 0.935 bits per heavy atom. The lowest BCUT2D eigenvalue weighted by atomic mass is 10.2. The fraction of sp³-hybridized carbons (Fsp3) is 0.208. The Morgan fingerprint density at radius 3 is 2.35 bits per heavy atom. The van der Waals surface area contributed by atoms with Gasteiger partial charge in [0.05, 0.1) is 4.90 Å². The largest absolute Gasteiger partial charge is 0.375 e. The number of aryl methyl sites for hydroxylation is 1. The molecule has 0 aliphatic carbocycles. The predicted molar refractivity (Wildman–Crippen MR) is 125 cm³/mol. The molecule has 0 fully saturated rings. The summed E-state index contributed by atoms with van der Waals surface area (Å²) in [6, 6.07) is 23.1. The van der Waals surface area contributed by atoms with Crippen LogP contribution in [-0.4, -0.2) is 34.5 Å². The van der Waals surface area contributed by atoms with Gasteiger partial charge in [0, 0.05) is 37.1 Å². The summed E-state index contributed by atoms with van der Waals surface area (Å²) in [7, 11) is -1.70. The second kappa shape index (κ2) is 10.1. The molecule has 0 aliphatic heterocycles. The first kappa shape index (κ1) is 22.4. The van der Waals surface area contributed by atoms with Crippen LogP contribution < -0.4 is 14.9 Å². The first-order valence-electron chi connectivity index (χ1n) is 10.1. The van der Waals surface area contributed by atoms with Crippen molar-refractivity contribution in [2.24, 2.45) is 0 Å². The van der Waals surface area contributed by atoms with Gasteiger partial charge in [-0.3, -0.25) is 9.52 Å². The quantitative estimate of drug-likeness (QED) is 0.495. The van der Waals surface area contributed by atoms with Crippen molar-refractivity contribution in [3.05, 3.63) is 90.0 Å². The number of hydrogen-bond acceptors (Lipinski definition) is 4. The number of carbonyl (C=O) groups excluding carboxylic acids is 1. The van der Waals surface area contributed by atoms with E-state index in [2.05, 4.69) is 14.9 Å². The highest BCUT2D eigenvalue weighted by Crippen LogP contribution is 2.18. The van der Waals surface area contributed by atoms with E-state index in [-0.39, 0.29) is 10.8 Å². The molecule has 0 spiro atoms. The zero-order chi connectivity index (χ0) is 22.3. The molecule has 0 radical (unpaired) electrons.